The van der Waals surface area contributed by atoms with E-state index in [1.54, 1.807) is 0 Å². The number of hydrogen-bond donors (Lipinski definition) is 3. The van der Waals surface area contributed by atoms with Gasteiger partial charge in [-0.1, -0.05) is 0 Å². The van der Waals surface area contributed by atoms with Crippen LogP contribution in [0.25, 0.3) is 0 Å². The third-order valence-electron chi connectivity index (χ3n) is 0.0943. The summed E-state index contributed by atoms with van der Waals surface area (Å²) in [6, 6.07) is 0. The Morgan fingerprint density at radius 3 is 1.50 bits per heavy atom. The van der Waals surface area contributed by atoms with Gasteiger partial charge in [0.1, 0.15) is 0 Å². The van der Waals surface area contributed by atoms with Gasteiger partial charge in [-0.2, -0.15) is 0 Å². The Balaban J connectivity index is 0. The molecule has 4 nitrogen and oxygen atoms in total. The molecule has 0 fully saturated rings. The molecule has 0 heterocycles. The molecule has 0 saturated carbocycles. The number of rotatable bonds is 1. The van der Waals surface area contributed by atoms with Crippen LogP contribution in [-0.4, -0.2) is 41.5 Å². The SMILES string of the molecule is OOB(O)O.[LiH]. The van der Waals surface area contributed by atoms with Gasteiger partial charge >= 0.3 is 26.2 Å². The van der Waals surface area contributed by atoms with E-state index in [2.05, 4.69) is 4.81 Å². The molecule has 32 valence electrons. The molecule has 0 aromatic carbocycles. The van der Waals surface area contributed by atoms with Crippen LogP contribution in [0.15, 0.2) is 0 Å². The van der Waals surface area contributed by atoms with Crippen molar-refractivity contribution < 1.29 is 20.1 Å². The van der Waals surface area contributed by atoms with Crippen LogP contribution in [0.3, 0.4) is 0 Å². The van der Waals surface area contributed by atoms with Crippen molar-refractivity contribution in [1.29, 1.82) is 0 Å². The van der Waals surface area contributed by atoms with Gasteiger partial charge in [0.25, 0.3) is 0 Å². The fraction of sp³-hybridized carbons (Fsp3) is 0. The van der Waals surface area contributed by atoms with Gasteiger partial charge in [-0.25, -0.2) is 4.81 Å². The van der Waals surface area contributed by atoms with Gasteiger partial charge < -0.3 is 10.0 Å². The third kappa shape index (κ3) is 8.82. The predicted octanol–water partition coefficient (Wildman–Crippen LogP) is -2.20. The van der Waals surface area contributed by atoms with Crippen molar-refractivity contribution in [3.8, 4) is 0 Å². The van der Waals surface area contributed by atoms with E-state index in [9.17, 15) is 0 Å². The first-order valence-corrected chi connectivity index (χ1v) is 0.935. The van der Waals surface area contributed by atoms with Gasteiger partial charge in [0.15, 0.2) is 0 Å². The van der Waals surface area contributed by atoms with Gasteiger partial charge in [-0.05, 0) is 0 Å². The average molecular weight is 85.8 g/mol. The average Bonchev–Trinajstić information content (AvgIpc) is 1.38. The molecule has 0 aliphatic carbocycles. The molecular weight excluding hydrogens is 81.7 g/mol. The van der Waals surface area contributed by atoms with Crippen LogP contribution < -0.4 is 0 Å². The topological polar surface area (TPSA) is 69.9 Å². The number of hydrogen-bond acceptors (Lipinski definition) is 4. The molecule has 0 amide bonds. The molecule has 0 rings (SSSR count). The normalized spacial score (nSPS) is 6.50. The second-order valence-corrected chi connectivity index (χ2v) is 0.432. The van der Waals surface area contributed by atoms with E-state index < -0.39 is 7.32 Å². The van der Waals surface area contributed by atoms with Crippen molar-refractivity contribution in [2.24, 2.45) is 0 Å². The summed E-state index contributed by atoms with van der Waals surface area (Å²) in [5.41, 5.74) is 0. The quantitative estimate of drug-likeness (QED) is 0.192. The van der Waals surface area contributed by atoms with Crippen molar-refractivity contribution in [2.45, 2.75) is 0 Å². The molecule has 0 spiro atoms. The van der Waals surface area contributed by atoms with Gasteiger partial charge in [-0.3, -0.25) is 5.26 Å². The summed E-state index contributed by atoms with van der Waals surface area (Å²) in [7, 11) is -2.06. The second-order valence-electron chi connectivity index (χ2n) is 0.432. The zero-order valence-electron chi connectivity index (χ0n) is 2.33. The fourth-order valence-corrected chi connectivity index (χ4v) is 0. The summed E-state index contributed by atoms with van der Waals surface area (Å²) in [5, 5.41) is 22.0. The molecule has 0 radical (unpaired) electrons. The van der Waals surface area contributed by atoms with Crippen LogP contribution in [0.2, 0.25) is 0 Å². The molecule has 0 atom stereocenters. The van der Waals surface area contributed by atoms with E-state index in [0.717, 1.165) is 0 Å². The van der Waals surface area contributed by atoms with E-state index in [1.807, 2.05) is 0 Å². The summed E-state index contributed by atoms with van der Waals surface area (Å²) in [4.78, 5) is 2.86. The predicted molar refractivity (Wildman–Crippen MR) is 21.1 cm³/mol. The molecule has 0 aromatic rings. The second kappa shape index (κ2) is 5.50. The summed E-state index contributed by atoms with van der Waals surface area (Å²) in [6.07, 6.45) is 0. The van der Waals surface area contributed by atoms with E-state index in [0.29, 0.717) is 0 Å². The third-order valence-corrected chi connectivity index (χ3v) is 0.0943. The zero-order chi connectivity index (χ0) is 4.28. The van der Waals surface area contributed by atoms with Gasteiger partial charge in [0.05, 0.1) is 0 Å². The minimum absolute atomic E-state index is 0. The summed E-state index contributed by atoms with van der Waals surface area (Å²) in [5.74, 6) is 0. The van der Waals surface area contributed by atoms with E-state index in [4.69, 9.17) is 15.3 Å². The van der Waals surface area contributed by atoms with E-state index in [1.165, 1.54) is 0 Å². The van der Waals surface area contributed by atoms with Crippen LogP contribution in [0, 0.1) is 0 Å². The van der Waals surface area contributed by atoms with Crippen LogP contribution in [-0.2, 0) is 4.81 Å². The first-order chi connectivity index (χ1) is 2.27. The fourth-order valence-electron chi connectivity index (χ4n) is 0. The Hall–Kier alpha value is 0.502. The maximum atomic E-state index is 7.44. The van der Waals surface area contributed by atoms with Crippen molar-refractivity contribution in [3.63, 3.8) is 0 Å². The first-order valence-electron chi connectivity index (χ1n) is 0.935. The summed E-state index contributed by atoms with van der Waals surface area (Å²) < 4.78 is 0. The standard InChI is InChI=1S/BH3O4.Li.H/c2-1(3)5-4;;/h2-4H;;. The van der Waals surface area contributed by atoms with Crippen LogP contribution >= 0.6 is 0 Å². The molecule has 0 unspecified atom stereocenters. The van der Waals surface area contributed by atoms with Crippen LogP contribution in [0.5, 0.6) is 0 Å². The van der Waals surface area contributed by atoms with Crippen molar-refractivity contribution in [1.82, 2.24) is 0 Å². The zero-order valence-corrected chi connectivity index (χ0v) is 2.33. The molecule has 0 bridgehead atoms. The van der Waals surface area contributed by atoms with Gasteiger partial charge in [0.2, 0.25) is 0 Å². The van der Waals surface area contributed by atoms with Gasteiger partial charge in [0, 0.05) is 0 Å². The Morgan fingerprint density at radius 1 is 1.33 bits per heavy atom. The Morgan fingerprint density at radius 2 is 1.50 bits per heavy atom. The molecule has 6 heavy (non-hydrogen) atoms. The molecule has 0 aliphatic rings. The molecule has 0 saturated heterocycles. The molecule has 0 aliphatic heterocycles. The maximum absolute atomic E-state index is 7.44. The molecule has 3 N–H and O–H groups in total. The Labute approximate surface area is 47.0 Å². The molecular formula is H4BLiO4. The summed E-state index contributed by atoms with van der Waals surface area (Å²) >= 11 is 0. The Kier molecular flexibility index (Phi) is 8.91. The summed E-state index contributed by atoms with van der Waals surface area (Å²) in [6.45, 7) is 0. The van der Waals surface area contributed by atoms with Crippen molar-refractivity contribution in [2.75, 3.05) is 0 Å². The van der Waals surface area contributed by atoms with Crippen LogP contribution in [0.4, 0.5) is 0 Å². The van der Waals surface area contributed by atoms with Gasteiger partial charge in [-0.15, -0.1) is 0 Å². The molecule has 6 heteroatoms. The first kappa shape index (κ1) is 9.71. The van der Waals surface area contributed by atoms with Crippen molar-refractivity contribution >= 4 is 26.2 Å². The Bertz CT molecular complexity index is 21.5. The van der Waals surface area contributed by atoms with Crippen molar-refractivity contribution in [3.05, 3.63) is 0 Å². The minimum atomic E-state index is -2.06. The molecule has 0 aromatic heterocycles. The van der Waals surface area contributed by atoms with E-state index >= 15 is 0 Å². The van der Waals surface area contributed by atoms with E-state index in [-0.39, 0.29) is 18.9 Å². The monoisotopic (exact) mass is 86.0 g/mol. The van der Waals surface area contributed by atoms with Crippen LogP contribution in [0.1, 0.15) is 0 Å².